The normalized spacial score (nSPS) is 43.6. The molecule has 4 bridgehead atoms. The standard InChI is InChI=1S/C33H52F2N8O2/c1-5-27(44)40-12-13-41(19(4)16-40)31-23-15-25(35)29-28-24(34)10-7-11-26(28)42-17-21(38-39-42)14-20-8-6-9-22(18(2)3)30(20)43(32(23)36-29)33(45)37-31/h5,17-20,22-26,28-32,36,38-39H,1,6-16H2,2-4H3,(H,37,45)/t19-,20?,22?,23?,24?,25?,26?,28?,29?,30?,31?,32?/m0/s1. The van der Waals surface area contributed by atoms with Gasteiger partial charge in [0.05, 0.1) is 18.4 Å². The van der Waals surface area contributed by atoms with Crippen molar-refractivity contribution in [1.82, 2.24) is 41.3 Å². The molecule has 2 saturated carbocycles. The number of nitrogens with zero attached hydrogens (tertiary/aromatic N) is 4. The Morgan fingerprint density at radius 2 is 1.89 bits per heavy atom. The van der Waals surface area contributed by atoms with Gasteiger partial charge in [-0.2, -0.15) is 0 Å². The molecule has 0 spiro atoms. The quantitative estimate of drug-likeness (QED) is 0.356. The molecule has 45 heavy (non-hydrogen) atoms. The van der Waals surface area contributed by atoms with Crippen molar-refractivity contribution in [2.75, 3.05) is 19.6 Å². The molecule has 2 aliphatic carbocycles. The molecule has 3 amide bonds. The average molecular weight is 631 g/mol. The fourth-order valence-electron chi connectivity index (χ4n) is 10.3. The highest BCUT2D eigenvalue weighted by Gasteiger charge is 2.58. The molecule has 250 valence electrons. The van der Waals surface area contributed by atoms with Crippen LogP contribution in [-0.2, 0) is 4.79 Å². The van der Waals surface area contributed by atoms with E-state index in [0.29, 0.717) is 37.9 Å². The Hall–Kier alpha value is -2.44. The number of allylic oxidation sites excluding steroid dienone is 1. The van der Waals surface area contributed by atoms with Crippen molar-refractivity contribution in [3.63, 3.8) is 0 Å². The topological polar surface area (TPSA) is 95.2 Å². The first kappa shape index (κ1) is 31.2. The summed E-state index contributed by atoms with van der Waals surface area (Å²) in [5.41, 5.74) is 7.72. The van der Waals surface area contributed by atoms with Crippen molar-refractivity contribution in [1.29, 1.82) is 0 Å². The second-order valence-corrected chi connectivity index (χ2v) is 15.1. The molecule has 11 unspecified atom stereocenters. The first-order valence-electron chi connectivity index (χ1n) is 17.5. The minimum absolute atomic E-state index is 0.0298. The lowest BCUT2D eigenvalue weighted by Crippen LogP contribution is -2.79. The lowest BCUT2D eigenvalue weighted by Gasteiger charge is -2.60. The Balaban J connectivity index is 1.29. The molecule has 5 heterocycles. The van der Waals surface area contributed by atoms with Gasteiger partial charge in [-0.15, -0.1) is 5.53 Å². The highest BCUT2D eigenvalue weighted by molar-refractivity contribution is 5.87. The van der Waals surface area contributed by atoms with Crippen LogP contribution in [0.15, 0.2) is 24.6 Å². The molecular weight excluding hydrogens is 578 g/mol. The number of rotatable bonds is 3. The highest BCUT2D eigenvalue weighted by atomic mass is 19.1. The number of alkyl halides is 2. The minimum Gasteiger partial charge on any atom is -0.336 e. The van der Waals surface area contributed by atoms with Crippen LogP contribution in [0.4, 0.5) is 13.6 Å². The van der Waals surface area contributed by atoms with E-state index in [0.717, 1.165) is 44.2 Å². The van der Waals surface area contributed by atoms with Gasteiger partial charge in [0.1, 0.15) is 12.3 Å². The summed E-state index contributed by atoms with van der Waals surface area (Å²) < 4.78 is 32.8. The lowest BCUT2D eigenvalue weighted by molar-refractivity contribution is -0.133. The number of piperidine rings is 1. The van der Waals surface area contributed by atoms with Crippen molar-refractivity contribution < 1.29 is 18.4 Å². The molecule has 10 nitrogen and oxygen atoms in total. The Bertz CT molecular complexity index is 1190. The van der Waals surface area contributed by atoms with E-state index in [2.05, 4.69) is 64.9 Å². The summed E-state index contributed by atoms with van der Waals surface area (Å²) >= 11 is 0. The number of nitrogens with one attached hydrogen (secondary N) is 4. The summed E-state index contributed by atoms with van der Waals surface area (Å²) in [5.74, 6) is 0.0225. The van der Waals surface area contributed by atoms with Gasteiger partial charge < -0.3 is 20.5 Å². The summed E-state index contributed by atoms with van der Waals surface area (Å²) in [6.45, 7) is 11.8. The predicted molar refractivity (Wildman–Crippen MR) is 167 cm³/mol. The molecule has 7 rings (SSSR count). The van der Waals surface area contributed by atoms with E-state index in [9.17, 15) is 9.59 Å². The summed E-state index contributed by atoms with van der Waals surface area (Å²) in [5, 5.41) is 9.09. The van der Waals surface area contributed by atoms with E-state index in [1.165, 1.54) is 6.08 Å². The Labute approximate surface area is 266 Å². The first-order valence-corrected chi connectivity index (χ1v) is 17.5. The van der Waals surface area contributed by atoms with E-state index < -0.39 is 30.5 Å². The van der Waals surface area contributed by atoms with Crippen molar-refractivity contribution >= 4 is 11.9 Å². The molecule has 12 heteroatoms. The van der Waals surface area contributed by atoms with Crippen LogP contribution in [0, 0.1) is 29.6 Å². The van der Waals surface area contributed by atoms with Gasteiger partial charge in [0.15, 0.2) is 0 Å². The zero-order valence-corrected chi connectivity index (χ0v) is 27.0. The van der Waals surface area contributed by atoms with Gasteiger partial charge in [-0.3, -0.25) is 20.0 Å². The third-order valence-electron chi connectivity index (χ3n) is 12.3. The number of hydrazine groups is 2. The summed E-state index contributed by atoms with van der Waals surface area (Å²) in [6, 6.07) is -1.09. The number of hydrogen-bond donors (Lipinski definition) is 4. The van der Waals surface area contributed by atoms with E-state index >= 15 is 8.78 Å². The van der Waals surface area contributed by atoms with Crippen molar-refractivity contribution in [2.24, 2.45) is 29.6 Å². The summed E-state index contributed by atoms with van der Waals surface area (Å²) in [4.78, 5) is 33.1. The monoisotopic (exact) mass is 630 g/mol. The number of piperazine rings is 1. The first-order chi connectivity index (χ1) is 21.7. The Morgan fingerprint density at radius 1 is 1.09 bits per heavy atom. The molecule has 3 saturated heterocycles. The number of amides is 3. The van der Waals surface area contributed by atoms with Crippen LogP contribution in [0.3, 0.4) is 0 Å². The van der Waals surface area contributed by atoms with E-state index in [1.807, 2.05) is 5.01 Å². The van der Waals surface area contributed by atoms with Crippen LogP contribution in [0.1, 0.15) is 72.1 Å². The molecule has 5 aliphatic heterocycles. The van der Waals surface area contributed by atoms with E-state index in [1.54, 1.807) is 4.90 Å². The zero-order valence-electron chi connectivity index (χ0n) is 27.0. The second-order valence-electron chi connectivity index (χ2n) is 15.1. The van der Waals surface area contributed by atoms with Gasteiger partial charge in [-0.1, -0.05) is 26.8 Å². The van der Waals surface area contributed by atoms with E-state index in [4.69, 9.17) is 0 Å². The maximum atomic E-state index is 16.7. The molecule has 7 aliphatic rings. The molecule has 12 atom stereocenters. The molecule has 0 aromatic heterocycles. The smallest absolute Gasteiger partial charge is 0.320 e. The molecule has 0 aromatic rings. The van der Waals surface area contributed by atoms with Crippen LogP contribution in [0.5, 0.6) is 0 Å². The number of carbonyl (C=O) groups excluding carboxylic acids is 2. The zero-order chi connectivity index (χ0) is 31.6. The molecule has 0 aromatic carbocycles. The Morgan fingerprint density at radius 3 is 2.64 bits per heavy atom. The van der Waals surface area contributed by atoms with Gasteiger partial charge in [0.2, 0.25) is 5.91 Å². The van der Waals surface area contributed by atoms with Crippen molar-refractivity contribution in [2.45, 2.75) is 121 Å². The molecule has 4 N–H and O–H groups in total. The van der Waals surface area contributed by atoms with Crippen LogP contribution in [0.2, 0.25) is 0 Å². The molecule has 5 fully saturated rings. The largest absolute Gasteiger partial charge is 0.336 e. The number of hydrogen-bond acceptors (Lipinski definition) is 7. The van der Waals surface area contributed by atoms with Crippen molar-refractivity contribution in [3.8, 4) is 0 Å². The van der Waals surface area contributed by atoms with Crippen LogP contribution in [0.25, 0.3) is 0 Å². The maximum Gasteiger partial charge on any atom is 0.320 e. The van der Waals surface area contributed by atoms with Crippen molar-refractivity contribution in [3.05, 3.63) is 24.6 Å². The van der Waals surface area contributed by atoms with Gasteiger partial charge in [-0.25, -0.2) is 13.6 Å². The SMILES string of the molecule is C=CC(=O)N1CCN(C2NC(=O)N3C4NC(C(F)CC42)C2C(F)CCCC2N2C=C(CC4CCCC(C(C)C)C43)NN2)[C@@H](C)C1. The average Bonchev–Trinajstić information content (AvgIpc) is 3.48. The third kappa shape index (κ3) is 5.42. The lowest BCUT2D eigenvalue weighted by atomic mass is 9.68. The highest BCUT2D eigenvalue weighted by Crippen LogP contribution is 2.47. The van der Waals surface area contributed by atoms with Gasteiger partial charge >= 0.3 is 6.03 Å². The summed E-state index contributed by atoms with van der Waals surface area (Å²) in [7, 11) is 0. The van der Waals surface area contributed by atoms with E-state index in [-0.39, 0.29) is 54.5 Å². The maximum absolute atomic E-state index is 16.7. The predicted octanol–water partition coefficient (Wildman–Crippen LogP) is 3.22. The third-order valence-corrected chi connectivity index (χ3v) is 12.3. The second kappa shape index (κ2) is 12.3. The minimum atomic E-state index is -1.27. The van der Waals surface area contributed by atoms with Crippen LogP contribution in [-0.4, -0.2) is 100 Å². The number of halogens is 2. The van der Waals surface area contributed by atoms with Gasteiger partial charge in [0, 0.05) is 61.5 Å². The fourth-order valence-corrected chi connectivity index (χ4v) is 10.3. The van der Waals surface area contributed by atoms with Crippen LogP contribution >= 0.6 is 0 Å². The van der Waals surface area contributed by atoms with Crippen LogP contribution < -0.4 is 21.6 Å². The summed E-state index contributed by atoms with van der Waals surface area (Å²) in [6.07, 6.45) is 6.40. The number of fused-ring (bicyclic) bond motifs is 7. The number of carbonyl (C=O) groups is 2. The number of urea groups is 1. The fraction of sp³-hybridized carbons (Fsp3) is 0.818. The molecule has 0 radical (unpaired) electrons. The van der Waals surface area contributed by atoms with Gasteiger partial charge in [0.25, 0.3) is 0 Å². The van der Waals surface area contributed by atoms with Gasteiger partial charge in [-0.05, 0) is 75.7 Å². The Kier molecular flexibility index (Phi) is 8.52. The molecular formula is C33H52F2N8O2.